The summed E-state index contributed by atoms with van der Waals surface area (Å²) in [7, 11) is 3.57. The fourth-order valence-electron chi connectivity index (χ4n) is 2.36. The third kappa shape index (κ3) is 4.51. The van der Waals surface area contributed by atoms with Crippen molar-refractivity contribution in [2.24, 2.45) is 7.05 Å². The molecule has 0 bridgehead atoms. The lowest BCUT2D eigenvalue weighted by Crippen LogP contribution is -2.05. The average Bonchev–Trinajstić information content (AvgIpc) is 3.00. The number of thioether (sulfide) groups is 1. The third-order valence-corrected chi connectivity index (χ3v) is 5.23. The number of hydrogen-bond acceptors (Lipinski definition) is 5. The molecule has 3 rings (SSSR count). The van der Waals surface area contributed by atoms with Crippen LogP contribution >= 0.6 is 23.4 Å². The Bertz CT molecular complexity index is 881. The maximum atomic E-state index is 5.92. The van der Waals surface area contributed by atoms with Gasteiger partial charge in [0.05, 0.1) is 7.11 Å². The fourth-order valence-corrected chi connectivity index (χ4v) is 3.37. The van der Waals surface area contributed by atoms with Crippen LogP contribution in [0.25, 0.3) is 0 Å². The summed E-state index contributed by atoms with van der Waals surface area (Å²) in [6.45, 7) is 2.34. The summed E-state index contributed by atoms with van der Waals surface area (Å²) < 4.78 is 13.2. The number of hydrogen-bond donors (Lipinski definition) is 0. The Balaban J connectivity index is 1.63. The zero-order valence-electron chi connectivity index (χ0n) is 14.9. The normalized spacial score (nSPS) is 10.8. The summed E-state index contributed by atoms with van der Waals surface area (Å²) in [6, 6.07) is 13.6. The lowest BCUT2D eigenvalue weighted by Gasteiger charge is -2.11. The van der Waals surface area contributed by atoms with Gasteiger partial charge in [-0.2, -0.15) is 0 Å². The molecule has 136 valence electrons. The van der Waals surface area contributed by atoms with Crippen LogP contribution in [-0.2, 0) is 19.4 Å². The molecular formula is C19H20ClN3O2S. The minimum Gasteiger partial charge on any atom is -0.493 e. The molecule has 0 saturated carbocycles. The van der Waals surface area contributed by atoms with E-state index in [0.717, 1.165) is 27.3 Å². The summed E-state index contributed by atoms with van der Waals surface area (Å²) in [5, 5.41) is 10.1. The molecule has 1 heterocycles. The van der Waals surface area contributed by atoms with Gasteiger partial charge in [-0.05, 0) is 42.3 Å². The van der Waals surface area contributed by atoms with Gasteiger partial charge in [-0.3, -0.25) is 0 Å². The number of aromatic nitrogens is 3. The lowest BCUT2D eigenvalue weighted by molar-refractivity contribution is 0.272. The van der Waals surface area contributed by atoms with E-state index < -0.39 is 0 Å². The van der Waals surface area contributed by atoms with Crippen molar-refractivity contribution in [2.45, 2.75) is 24.4 Å². The van der Waals surface area contributed by atoms with Gasteiger partial charge in [0.1, 0.15) is 6.61 Å². The van der Waals surface area contributed by atoms with Gasteiger partial charge in [-0.15, -0.1) is 10.2 Å². The summed E-state index contributed by atoms with van der Waals surface area (Å²) in [6.07, 6.45) is 0. The second-order valence-electron chi connectivity index (χ2n) is 5.82. The van der Waals surface area contributed by atoms with Crippen LogP contribution in [-0.4, -0.2) is 21.9 Å². The summed E-state index contributed by atoms with van der Waals surface area (Å²) >= 11 is 7.54. The third-order valence-electron chi connectivity index (χ3n) is 3.88. The Hall–Kier alpha value is -2.18. The molecule has 1 aromatic heterocycles. The van der Waals surface area contributed by atoms with Crippen LogP contribution < -0.4 is 9.47 Å². The molecule has 0 aliphatic carbocycles. The molecule has 0 saturated heterocycles. The van der Waals surface area contributed by atoms with Crippen molar-refractivity contribution in [1.29, 1.82) is 0 Å². The van der Waals surface area contributed by atoms with E-state index in [1.165, 1.54) is 5.56 Å². The van der Waals surface area contributed by atoms with Gasteiger partial charge in [0.2, 0.25) is 0 Å². The lowest BCUT2D eigenvalue weighted by atomic mass is 10.2. The van der Waals surface area contributed by atoms with Crippen LogP contribution in [0.15, 0.2) is 47.6 Å². The van der Waals surface area contributed by atoms with Gasteiger partial charge in [0.15, 0.2) is 22.5 Å². The zero-order chi connectivity index (χ0) is 18.5. The Morgan fingerprint density at radius 2 is 1.85 bits per heavy atom. The molecule has 0 aliphatic heterocycles. The van der Waals surface area contributed by atoms with E-state index in [0.29, 0.717) is 18.1 Å². The van der Waals surface area contributed by atoms with Crippen LogP contribution in [0, 0.1) is 6.92 Å². The maximum Gasteiger partial charge on any atom is 0.191 e. The first-order valence-electron chi connectivity index (χ1n) is 8.10. The Labute approximate surface area is 162 Å². The minimum absolute atomic E-state index is 0.324. The van der Waals surface area contributed by atoms with E-state index in [2.05, 4.69) is 10.2 Å². The van der Waals surface area contributed by atoms with E-state index in [9.17, 15) is 0 Å². The largest absolute Gasteiger partial charge is 0.493 e. The van der Waals surface area contributed by atoms with E-state index in [1.807, 2.05) is 61.0 Å². The first-order chi connectivity index (χ1) is 12.6. The molecule has 2 aromatic carbocycles. The van der Waals surface area contributed by atoms with Crippen LogP contribution in [0.5, 0.6) is 11.5 Å². The smallest absolute Gasteiger partial charge is 0.191 e. The first kappa shape index (κ1) is 18.6. The van der Waals surface area contributed by atoms with Gasteiger partial charge in [0.25, 0.3) is 0 Å². The van der Waals surface area contributed by atoms with Gasteiger partial charge in [-0.1, -0.05) is 41.6 Å². The minimum atomic E-state index is 0.324. The molecule has 0 atom stereocenters. The van der Waals surface area contributed by atoms with E-state index in [1.54, 1.807) is 18.9 Å². The highest BCUT2D eigenvalue weighted by atomic mass is 35.5. The van der Waals surface area contributed by atoms with Crippen LogP contribution in [0.3, 0.4) is 0 Å². The van der Waals surface area contributed by atoms with Crippen molar-refractivity contribution in [3.8, 4) is 11.5 Å². The maximum absolute atomic E-state index is 5.92. The second kappa shape index (κ2) is 8.47. The van der Waals surface area contributed by atoms with Crippen LogP contribution in [0.4, 0.5) is 0 Å². The van der Waals surface area contributed by atoms with Crippen molar-refractivity contribution in [3.63, 3.8) is 0 Å². The Kier molecular flexibility index (Phi) is 6.06. The predicted molar refractivity (Wildman–Crippen MR) is 104 cm³/mol. The van der Waals surface area contributed by atoms with E-state index in [4.69, 9.17) is 21.1 Å². The van der Waals surface area contributed by atoms with Gasteiger partial charge < -0.3 is 14.0 Å². The monoisotopic (exact) mass is 389 g/mol. The quantitative estimate of drug-likeness (QED) is 0.550. The molecule has 0 amide bonds. The van der Waals surface area contributed by atoms with Crippen molar-refractivity contribution in [1.82, 2.24) is 14.8 Å². The predicted octanol–water partition coefficient (Wildman–Crippen LogP) is 4.66. The van der Waals surface area contributed by atoms with E-state index in [-0.39, 0.29) is 0 Å². The van der Waals surface area contributed by atoms with Gasteiger partial charge >= 0.3 is 0 Å². The second-order valence-corrected chi connectivity index (χ2v) is 7.19. The number of rotatable bonds is 7. The summed E-state index contributed by atoms with van der Waals surface area (Å²) in [4.78, 5) is 0. The molecule has 0 unspecified atom stereocenters. The molecule has 0 radical (unpaired) electrons. The fraction of sp³-hybridized carbons (Fsp3) is 0.263. The molecule has 0 aliphatic rings. The highest BCUT2D eigenvalue weighted by molar-refractivity contribution is 7.98. The summed E-state index contributed by atoms with van der Waals surface area (Å²) in [5.41, 5.74) is 2.30. The highest BCUT2D eigenvalue weighted by Crippen LogP contribution is 2.29. The zero-order valence-corrected chi connectivity index (χ0v) is 16.5. The molecule has 3 aromatic rings. The van der Waals surface area contributed by atoms with Crippen molar-refractivity contribution < 1.29 is 9.47 Å². The molecular weight excluding hydrogens is 370 g/mol. The van der Waals surface area contributed by atoms with Crippen LogP contribution in [0.2, 0.25) is 5.02 Å². The van der Waals surface area contributed by atoms with Gasteiger partial charge in [-0.25, -0.2) is 0 Å². The molecule has 26 heavy (non-hydrogen) atoms. The molecule has 0 N–H and O–H groups in total. The molecule has 0 fully saturated rings. The Morgan fingerprint density at radius 1 is 1.08 bits per heavy atom. The van der Waals surface area contributed by atoms with E-state index >= 15 is 0 Å². The van der Waals surface area contributed by atoms with Gasteiger partial charge in [0, 0.05) is 17.8 Å². The Morgan fingerprint density at radius 3 is 2.58 bits per heavy atom. The first-order valence-corrected chi connectivity index (χ1v) is 9.46. The van der Waals surface area contributed by atoms with Crippen molar-refractivity contribution >= 4 is 23.4 Å². The average molecular weight is 390 g/mol. The number of nitrogens with zero attached hydrogens (tertiary/aromatic N) is 3. The number of halogens is 1. The standard InChI is InChI=1S/C19H20ClN3O2S/c1-13-4-9-16(17(10-13)24-3)25-11-18-21-22-19(23(18)2)26-12-14-5-7-15(20)8-6-14/h4-10H,11-12H2,1-3H3. The molecule has 5 nitrogen and oxygen atoms in total. The molecule has 0 spiro atoms. The number of methoxy groups -OCH3 is 1. The topological polar surface area (TPSA) is 49.2 Å². The molecule has 7 heteroatoms. The number of ether oxygens (including phenoxy) is 2. The van der Waals surface area contributed by atoms with Crippen LogP contribution in [0.1, 0.15) is 17.0 Å². The SMILES string of the molecule is COc1cc(C)ccc1OCc1nnc(SCc2ccc(Cl)cc2)n1C. The van der Waals surface area contributed by atoms with Crippen molar-refractivity contribution in [3.05, 3.63) is 64.4 Å². The van der Waals surface area contributed by atoms with Crippen molar-refractivity contribution in [2.75, 3.05) is 7.11 Å². The number of benzene rings is 2. The highest BCUT2D eigenvalue weighted by Gasteiger charge is 2.12. The number of aryl methyl sites for hydroxylation is 1. The summed E-state index contributed by atoms with van der Waals surface area (Å²) in [5.74, 6) is 2.96.